The summed E-state index contributed by atoms with van der Waals surface area (Å²) < 4.78 is 20.1. The van der Waals surface area contributed by atoms with Crippen molar-refractivity contribution in [3.05, 3.63) is 48.0 Å². The van der Waals surface area contributed by atoms with Gasteiger partial charge in [0.15, 0.2) is 5.75 Å². The number of rotatable bonds is 6. The van der Waals surface area contributed by atoms with E-state index in [4.69, 9.17) is 10.00 Å². The molecule has 0 fully saturated rings. The van der Waals surface area contributed by atoms with Crippen LogP contribution in [0.1, 0.15) is 25.8 Å². The number of halogens is 1. The summed E-state index contributed by atoms with van der Waals surface area (Å²) >= 11 is 0. The van der Waals surface area contributed by atoms with Gasteiger partial charge in [0.2, 0.25) is 0 Å². The lowest BCUT2D eigenvalue weighted by atomic mass is 9.92. The van der Waals surface area contributed by atoms with Crippen molar-refractivity contribution in [1.29, 1.82) is 5.26 Å². The quantitative estimate of drug-likeness (QED) is 0.818. The first-order valence-electron chi connectivity index (χ1n) is 6.79. The van der Waals surface area contributed by atoms with E-state index in [-0.39, 0.29) is 11.2 Å². The molecule has 2 rings (SSSR count). The highest BCUT2D eigenvalue weighted by Gasteiger charge is 2.16. The Balaban J connectivity index is 1.87. The van der Waals surface area contributed by atoms with E-state index < -0.39 is 0 Å². The third-order valence-corrected chi connectivity index (χ3v) is 3.17. The maximum Gasteiger partial charge on any atom is 0.157 e. The Bertz CT molecular complexity index is 626. The van der Waals surface area contributed by atoms with Crippen molar-refractivity contribution in [2.45, 2.75) is 26.8 Å². The van der Waals surface area contributed by atoms with Crippen LogP contribution in [0.15, 0.2) is 36.7 Å². The van der Waals surface area contributed by atoms with E-state index in [9.17, 15) is 4.39 Å². The Hall–Kier alpha value is -2.35. The van der Waals surface area contributed by atoms with Crippen LogP contribution in [0.4, 0.5) is 4.39 Å². The molecule has 110 valence electrons. The van der Waals surface area contributed by atoms with Crippen molar-refractivity contribution in [3.8, 4) is 11.8 Å². The van der Waals surface area contributed by atoms with Crippen LogP contribution in [0.3, 0.4) is 0 Å². The summed E-state index contributed by atoms with van der Waals surface area (Å²) in [7, 11) is 0. The second-order valence-electron chi connectivity index (χ2n) is 5.59. The van der Waals surface area contributed by atoms with Gasteiger partial charge < -0.3 is 4.74 Å². The summed E-state index contributed by atoms with van der Waals surface area (Å²) in [6, 6.07) is 8.56. The van der Waals surface area contributed by atoms with Crippen LogP contribution in [-0.4, -0.2) is 16.4 Å². The summed E-state index contributed by atoms with van der Waals surface area (Å²) in [6.45, 7) is 4.80. The fraction of sp³-hybridized carbons (Fsp3) is 0.375. The van der Waals surface area contributed by atoms with E-state index in [2.05, 4.69) is 11.2 Å². The van der Waals surface area contributed by atoms with Crippen LogP contribution in [-0.2, 0) is 6.54 Å². The van der Waals surface area contributed by atoms with Crippen molar-refractivity contribution >= 4 is 0 Å². The zero-order chi connectivity index (χ0) is 15.3. The van der Waals surface area contributed by atoms with E-state index in [1.807, 2.05) is 13.8 Å². The lowest BCUT2D eigenvalue weighted by Gasteiger charge is -2.14. The predicted molar refractivity (Wildman–Crippen MR) is 77.2 cm³/mol. The molecule has 0 aliphatic heterocycles. The molecule has 0 saturated heterocycles. The molecular weight excluding hydrogens is 269 g/mol. The van der Waals surface area contributed by atoms with Crippen LogP contribution in [0, 0.1) is 22.6 Å². The van der Waals surface area contributed by atoms with Crippen molar-refractivity contribution < 1.29 is 9.13 Å². The van der Waals surface area contributed by atoms with E-state index in [1.54, 1.807) is 29.2 Å². The van der Waals surface area contributed by atoms with E-state index in [0.717, 1.165) is 5.56 Å². The molecule has 0 spiro atoms. The predicted octanol–water partition coefficient (Wildman–Crippen LogP) is 3.39. The maximum atomic E-state index is 12.8. The molecule has 0 aliphatic rings. The van der Waals surface area contributed by atoms with Gasteiger partial charge in [-0.25, -0.2) is 4.39 Å². The smallest absolute Gasteiger partial charge is 0.157 e. The molecule has 0 amide bonds. The largest absolute Gasteiger partial charge is 0.490 e. The molecule has 0 N–H and O–H groups in total. The lowest BCUT2D eigenvalue weighted by Crippen LogP contribution is -2.13. The van der Waals surface area contributed by atoms with Gasteiger partial charge in [0, 0.05) is 0 Å². The molecule has 1 heterocycles. The molecule has 21 heavy (non-hydrogen) atoms. The van der Waals surface area contributed by atoms with E-state index in [1.165, 1.54) is 12.1 Å². The Labute approximate surface area is 123 Å². The van der Waals surface area contributed by atoms with Crippen molar-refractivity contribution in [3.63, 3.8) is 0 Å². The SMILES string of the molecule is CC(C)(C#N)CCOc1cnn(Cc2ccc(F)cc2)c1. The summed E-state index contributed by atoms with van der Waals surface area (Å²) in [5, 5.41) is 13.1. The van der Waals surface area contributed by atoms with Crippen molar-refractivity contribution in [2.75, 3.05) is 6.61 Å². The van der Waals surface area contributed by atoms with Gasteiger partial charge >= 0.3 is 0 Å². The maximum absolute atomic E-state index is 12.8. The topological polar surface area (TPSA) is 50.8 Å². The zero-order valence-electron chi connectivity index (χ0n) is 12.2. The standard InChI is InChI=1S/C16H18FN3O/c1-16(2,12-18)7-8-21-15-9-19-20(11-15)10-13-3-5-14(17)6-4-13/h3-6,9,11H,7-8,10H2,1-2H3. The Morgan fingerprint density at radius 1 is 1.33 bits per heavy atom. The molecule has 0 saturated carbocycles. The Morgan fingerprint density at radius 2 is 2.05 bits per heavy atom. The van der Waals surface area contributed by atoms with Gasteiger partial charge in [-0.05, 0) is 38.0 Å². The van der Waals surface area contributed by atoms with Crippen molar-refractivity contribution in [1.82, 2.24) is 9.78 Å². The first-order chi connectivity index (χ1) is 9.98. The molecule has 2 aromatic rings. The van der Waals surface area contributed by atoms with Gasteiger partial charge in [-0.15, -0.1) is 0 Å². The highest BCUT2D eigenvalue weighted by Crippen LogP contribution is 2.19. The molecule has 5 heteroatoms. The molecule has 4 nitrogen and oxygen atoms in total. The molecule has 0 atom stereocenters. The number of hydrogen-bond acceptors (Lipinski definition) is 3. The second kappa shape index (κ2) is 6.40. The van der Waals surface area contributed by atoms with Gasteiger partial charge in [-0.3, -0.25) is 4.68 Å². The normalized spacial score (nSPS) is 11.1. The van der Waals surface area contributed by atoms with Crippen LogP contribution in [0.5, 0.6) is 5.75 Å². The summed E-state index contributed by atoms with van der Waals surface area (Å²) in [5.74, 6) is 0.425. The van der Waals surface area contributed by atoms with Crippen molar-refractivity contribution in [2.24, 2.45) is 5.41 Å². The third kappa shape index (κ3) is 4.60. The molecule has 0 unspecified atom stereocenters. The summed E-state index contributed by atoms with van der Waals surface area (Å²) in [6.07, 6.45) is 4.10. The van der Waals surface area contributed by atoms with Crippen LogP contribution < -0.4 is 4.74 Å². The number of ether oxygens (including phenoxy) is 1. The number of aromatic nitrogens is 2. The number of nitrogens with zero attached hydrogens (tertiary/aromatic N) is 3. The Morgan fingerprint density at radius 3 is 2.71 bits per heavy atom. The average molecular weight is 287 g/mol. The summed E-state index contributed by atoms with van der Waals surface area (Å²) in [4.78, 5) is 0. The number of benzene rings is 1. The van der Waals surface area contributed by atoms with Crippen LogP contribution in [0.25, 0.3) is 0 Å². The number of hydrogen-bond donors (Lipinski definition) is 0. The molecule has 1 aromatic carbocycles. The van der Waals surface area contributed by atoms with E-state index in [0.29, 0.717) is 25.3 Å². The highest BCUT2D eigenvalue weighted by atomic mass is 19.1. The van der Waals surface area contributed by atoms with E-state index >= 15 is 0 Å². The molecule has 0 bridgehead atoms. The summed E-state index contributed by atoms with van der Waals surface area (Å²) in [5.41, 5.74) is 0.584. The second-order valence-corrected chi connectivity index (χ2v) is 5.59. The molecular formula is C16H18FN3O. The Kier molecular flexibility index (Phi) is 4.59. The lowest BCUT2D eigenvalue weighted by molar-refractivity contribution is 0.264. The van der Waals surface area contributed by atoms with Crippen LogP contribution in [0.2, 0.25) is 0 Å². The van der Waals surface area contributed by atoms with Gasteiger partial charge in [0.05, 0.1) is 37.0 Å². The van der Waals surface area contributed by atoms with Gasteiger partial charge in [0.1, 0.15) is 5.82 Å². The average Bonchev–Trinajstić information content (AvgIpc) is 2.89. The highest BCUT2D eigenvalue weighted by molar-refractivity contribution is 5.18. The molecule has 0 radical (unpaired) electrons. The first kappa shape index (κ1) is 15.0. The number of nitriles is 1. The first-order valence-corrected chi connectivity index (χ1v) is 6.79. The fourth-order valence-electron chi connectivity index (χ4n) is 1.76. The van der Waals surface area contributed by atoms with Gasteiger partial charge in [-0.2, -0.15) is 10.4 Å². The molecule has 1 aromatic heterocycles. The zero-order valence-corrected chi connectivity index (χ0v) is 12.2. The van der Waals surface area contributed by atoms with Gasteiger partial charge in [-0.1, -0.05) is 12.1 Å². The third-order valence-electron chi connectivity index (χ3n) is 3.17. The monoisotopic (exact) mass is 287 g/mol. The minimum Gasteiger partial charge on any atom is -0.490 e. The minimum atomic E-state index is -0.385. The molecule has 0 aliphatic carbocycles. The van der Waals surface area contributed by atoms with Gasteiger partial charge in [0.25, 0.3) is 0 Å². The van der Waals surface area contributed by atoms with Crippen LogP contribution >= 0.6 is 0 Å². The fourth-order valence-corrected chi connectivity index (χ4v) is 1.76. The minimum absolute atomic E-state index is 0.247.